The number of ether oxygens (including phenoxy) is 2. The van der Waals surface area contributed by atoms with Crippen molar-refractivity contribution in [1.82, 2.24) is 15.5 Å². The number of aliphatic imine (C=N–C) groups is 1. The summed E-state index contributed by atoms with van der Waals surface area (Å²) in [5.74, 6) is 0.729. The van der Waals surface area contributed by atoms with Crippen molar-refractivity contribution in [2.45, 2.75) is 95.1 Å². The van der Waals surface area contributed by atoms with Gasteiger partial charge in [-0.25, -0.2) is 4.79 Å². The monoisotopic (exact) mass is 503 g/mol. The van der Waals surface area contributed by atoms with Gasteiger partial charge in [-0.2, -0.15) is 5.26 Å². The lowest BCUT2D eigenvalue weighted by molar-refractivity contribution is -0.124. The summed E-state index contributed by atoms with van der Waals surface area (Å²) in [7, 11) is 3.84. The van der Waals surface area contributed by atoms with Gasteiger partial charge in [-0.05, 0) is 65.0 Å². The number of nitrogens with one attached hydrogen (secondary N) is 2. The van der Waals surface area contributed by atoms with E-state index in [4.69, 9.17) is 14.5 Å². The Hall–Kier alpha value is -2.18. The Balaban J connectivity index is 1.81. The molecule has 202 valence electrons. The molecule has 1 atom stereocenters. The van der Waals surface area contributed by atoms with E-state index in [2.05, 4.69) is 16.7 Å². The average molecular weight is 504 g/mol. The van der Waals surface area contributed by atoms with Crippen molar-refractivity contribution in [2.24, 2.45) is 16.8 Å². The highest BCUT2D eigenvalue weighted by atomic mass is 16.5. The smallest absolute Gasteiger partial charge is 0.412 e. The molecule has 0 aromatic rings. The molecule has 2 aliphatic carbocycles. The van der Waals surface area contributed by atoms with Crippen LogP contribution in [0.15, 0.2) is 4.99 Å². The third-order valence-corrected chi connectivity index (χ3v) is 7.77. The summed E-state index contributed by atoms with van der Waals surface area (Å²) in [6.45, 7) is 2.09. The van der Waals surface area contributed by atoms with Gasteiger partial charge in [-0.15, -0.1) is 0 Å². The number of hydrogen-bond donors (Lipinski definition) is 2. The molecule has 9 nitrogen and oxygen atoms in total. The van der Waals surface area contributed by atoms with Crippen molar-refractivity contribution in [3.8, 4) is 6.07 Å². The van der Waals surface area contributed by atoms with E-state index in [1.54, 1.807) is 0 Å². The van der Waals surface area contributed by atoms with Crippen LogP contribution >= 0.6 is 0 Å². The van der Waals surface area contributed by atoms with Crippen LogP contribution in [0.4, 0.5) is 4.79 Å². The van der Waals surface area contributed by atoms with Crippen LogP contribution in [0.1, 0.15) is 83.5 Å². The molecular weight excluding hydrogens is 458 g/mol. The highest BCUT2D eigenvalue weighted by Gasteiger charge is 2.38. The van der Waals surface area contributed by atoms with E-state index in [1.165, 1.54) is 25.7 Å². The molecule has 0 bridgehead atoms. The SMILES string of the molecule is CN(C)CCOC(=O)NC(=NC(CC1CCCCCC1)C(=O)NC1(C#N)CCCC1)C1CCOCC1. The predicted octanol–water partition coefficient (Wildman–Crippen LogP) is 3.78. The van der Waals surface area contributed by atoms with Crippen LogP contribution in [-0.2, 0) is 14.3 Å². The van der Waals surface area contributed by atoms with Gasteiger partial charge in [-0.3, -0.25) is 15.1 Å². The molecule has 2 N–H and O–H groups in total. The van der Waals surface area contributed by atoms with Crippen LogP contribution < -0.4 is 10.6 Å². The molecule has 1 heterocycles. The first-order chi connectivity index (χ1) is 17.4. The van der Waals surface area contributed by atoms with Gasteiger partial charge in [0.25, 0.3) is 0 Å². The van der Waals surface area contributed by atoms with E-state index in [0.717, 1.165) is 38.5 Å². The topological polar surface area (TPSA) is 116 Å². The highest BCUT2D eigenvalue weighted by Crippen LogP contribution is 2.31. The van der Waals surface area contributed by atoms with Gasteiger partial charge >= 0.3 is 6.09 Å². The molecule has 1 unspecified atom stereocenters. The van der Waals surface area contributed by atoms with Gasteiger partial charge in [0.2, 0.25) is 5.91 Å². The number of amidine groups is 1. The van der Waals surface area contributed by atoms with E-state index in [1.807, 2.05) is 19.0 Å². The molecule has 3 aliphatic rings. The van der Waals surface area contributed by atoms with Crippen molar-refractivity contribution >= 4 is 17.8 Å². The average Bonchev–Trinajstić information content (AvgIpc) is 3.18. The standard InChI is InChI=1S/C27H45N5O4/c1-32(2)15-18-36-26(34)30-24(22-11-16-35-17-12-22)29-23(19-21-9-5-3-4-6-10-21)25(33)31-27(20-28)13-7-8-14-27/h21-23H,3-19H2,1-2H3,(H,31,33)(H,29,30,34). The quantitative estimate of drug-likeness (QED) is 0.281. The van der Waals surface area contributed by atoms with E-state index in [0.29, 0.717) is 50.8 Å². The van der Waals surface area contributed by atoms with E-state index < -0.39 is 17.7 Å². The third kappa shape index (κ3) is 9.04. The van der Waals surface area contributed by atoms with Crippen LogP contribution in [0.2, 0.25) is 0 Å². The lowest BCUT2D eigenvalue weighted by atomic mass is 9.91. The maximum absolute atomic E-state index is 13.6. The highest BCUT2D eigenvalue weighted by molar-refractivity contribution is 5.98. The fraction of sp³-hybridized carbons (Fsp3) is 0.852. The summed E-state index contributed by atoms with van der Waals surface area (Å²) >= 11 is 0. The van der Waals surface area contributed by atoms with Gasteiger partial charge in [0.15, 0.2) is 0 Å². The normalized spacial score (nSPS) is 22.4. The minimum absolute atomic E-state index is 0.000917. The molecule has 1 saturated heterocycles. The number of alkyl carbamates (subject to hydrolysis) is 1. The van der Waals surface area contributed by atoms with Crippen LogP contribution in [0, 0.1) is 23.2 Å². The van der Waals surface area contributed by atoms with Crippen LogP contribution in [0.5, 0.6) is 0 Å². The van der Waals surface area contributed by atoms with Gasteiger partial charge in [-0.1, -0.05) is 38.5 Å². The zero-order valence-corrected chi connectivity index (χ0v) is 22.2. The molecule has 2 amide bonds. The minimum atomic E-state index is -0.800. The van der Waals surface area contributed by atoms with Crippen molar-refractivity contribution in [1.29, 1.82) is 5.26 Å². The van der Waals surface area contributed by atoms with Gasteiger partial charge in [0, 0.05) is 25.7 Å². The first-order valence-electron chi connectivity index (χ1n) is 13.9. The predicted molar refractivity (Wildman–Crippen MR) is 139 cm³/mol. The lowest BCUT2D eigenvalue weighted by Gasteiger charge is -2.28. The number of nitrogens with zero attached hydrogens (tertiary/aromatic N) is 3. The summed E-state index contributed by atoms with van der Waals surface area (Å²) in [4.78, 5) is 33.1. The first kappa shape index (κ1) is 28.4. The van der Waals surface area contributed by atoms with E-state index >= 15 is 0 Å². The molecule has 2 saturated carbocycles. The summed E-state index contributed by atoms with van der Waals surface area (Å²) in [5, 5.41) is 15.8. The molecule has 0 aromatic heterocycles. The number of amides is 2. The van der Waals surface area contributed by atoms with Crippen molar-refractivity contribution in [3.05, 3.63) is 0 Å². The number of carbonyl (C=O) groups excluding carboxylic acids is 2. The molecule has 1 aliphatic heterocycles. The summed E-state index contributed by atoms with van der Waals surface area (Å²) in [6.07, 6.45) is 11.8. The number of rotatable bonds is 9. The van der Waals surface area contributed by atoms with Crippen molar-refractivity contribution in [3.63, 3.8) is 0 Å². The van der Waals surface area contributed by atoms with Gasteiger partial charge in [0.05, 0.1) is 6.07 Å². The van der Waals surface area contributed by atoms with Crippen LogP contribution in [0.25, 0.3) is 0 Å². The maximum atomic E-state index is 13.6. The molecule has 9 heteroatoms. The molecule has 3 rings (SSSR count). The summed E-state index contributed by atoms with van der Waals surface area (Å²) in [6, 6.07) is 1.73. The molecule has 3 fully saturated rings. The molecule has 0 radical (unpaired) electrons. The minimum Gasteiger partial charge on any atom is -0.448 e. The van der Waals surface area contributed by atoms with Crippen LogP contribution in [-0.4, -0.2) is 74.8 Å². The maximum Gasteiger partial charge on any atom is 0.412 e. The number of likely N-dealkylation sites (N-methyl/N-ethyl adjacent to an activating group) is 1. The lowest BCUT2D eigenvalue weighted by Crippen LogP contribution is -2.50. The second kappa shape index (κ2) is 14.5. The fourth-order valence-electron chi connectivity index (χ4n) is 5.54. The molecule has 36 heavy (non-hydrogen) atoms. The van der Waals surface area contributed by atoms with Crippen LogP contribution in [0.3, 0.4) is 0 Å². The van der Waals surface area contributed by atoms with E-state index in [9.17, 15) is 14.9 Å². The fourth-order valence-corrected chi connectivity index (χ4v) is 5.54. The number of hydrogen-bond acceptors (Lipinski definition) is 7. The van der Waals surface area contributed by atoms with Gasteiger partial charge in [0.1, 0.15) is 24.0 Å². The Morgan fingerprint density at radius 1 is 1.08 bits per heavy atom. The zero-order chi connectivity index (χ0) is 25.8. The largest absolute Gasteiger partial charge is 0.448 e. The van der Waals surface area contributed by atoms with Crippen molar-refractivity contribution in [2.75, 3.05) is 40.5 Å². The first-order valence-corrected chi connectivity index (χ1v) is 13.9. The summed E-state index contributed by atoms with van der Waals surface area (Å²) < 4.78 is 10.9. The Kier molecular flexibility index (Phi) is 11.5. The number of carbonyl (C=O) groups is 2. The third-order valence-electron chi connectivity index (χ3n) is 7.77. The Morgan fingerprint density at radius 2 is 1.75 bits per heavy atom. The van der Waals surface area contributed by atoms with Gasteiger partial charge < -0.3 is 19.7 Å². The van der Waals surface area contributed by atoms with E-state index in [-0.39, 0.29) is 18.4 Å². The number of nitriles is 1. The molecule has 0 spiro atoms. The summed E-state index contributed by atoms with van der Waals surface area (Å²) in [5.41, 5.74) is -0.800. The second-order valence-electron chi connectivity index (χ2n) is 11.0. The van der Waals surface area contributed by atoms with Crippen molar-refractivity contribution < 1.29 is 19.1 Å². The Bertz CT molecular complexity index is 774. The second-order valence-corrected chi connectivity index (χ2v) is 11.0. The molecular formula is C27H45N5O4. The Labute approximate surface area is 216 Å². The molecule has 0 aromatic carbocycles. The zero-order valence-electron chi connectivity index (χ0n) is 22.2. The Morgan fingerprint density at radius 3 is 2.36 bits per heavy atom.